The monoisotopic (exact) mass is 225 g/mol. The van der Waals surface area contributed by atoms with E-state index in [1.165, 1.54) is 19.3 Å². The highest BCUT2D eigenvalue weighted by Crippen LogP contribution is 2.27. The summed E-state index contributed by atoms with van der Waals surface area (Å²) in [5.74, 6) is 0.784. The van der Waals surface area contributed by atoms with E-state index in [0.717, 1.165) is 32.1 Å². The second kappa shape index (κ2) is 5.67. The zero-order valence-electron chi connectivity index (χ0n) is 9.95. The summed E-state index contributed by atoms with van der Waals surface area (Å²) in [5, 5.41) is 12.4. The van der Waals surface area contributed by atoms with Crippen LogP contribution in [-0.4, -0.2) is 23.7 Å². The summed E-state index contributed by atoms with van der Waals surface area (Å²) >= 11 is 0. The molecule has 0 bridgehead atoms. The molecule has 2 N–H and O–H groups in total. The Morgan fingerprint density at radius 1 is 1.06 bits per heavy atom. The summed E-state index contributed by atoms with van der Waals surface area (Å²) in [7, 11) is 0. The van der Waals surface area contributed by atoms with Gasteiger partial charge in [0.15, 0.2) is 0 Å². The van der Waals surface area contributed by atoms with Gasteiger partial charge in [-0.2, -0.15) is 0 Å². The van der Waals surface area contributed by atoms with Gasteiger partial charge in [0.25, 0.3) is 0 Å². The predicted octanol–water partition coefficient (Wildman–Crippen LogP) is 1.84. The van der Waals surface area contributed by atoms with Crippen molar-refractivity contribution in [1.29, 1.82) is 0 Å². The van der Waals surface area contributed by atoms with Crippen LogP contribution in [0.3, 0.4) is 0 Å². The van der Waals surface area contributed by atoms with Gasteiger partial charge in [-0.15, -0.1) is 0 Å². The van der Waals surface area contributed by atoms with Crippen molar-refractivity contribution in [2.75, 3.05) is 6.61 Å². The molecule has 2 aliphatic carbocycles. The van der Waals surface area contributed by atoms with E-state index < -0.39 is 0 Å². The lowest BCUT2D eigenvalue weighted by Gasteiger charge is -2.25. The van der Waals surface area contributed by atoms with Crippen LogP contribution in [0.5, 0.6) is 0 Å². The smallest absolute Gasteiger partial charge is 0.223 e. The molecule has 2 saturated carbocycles. The van der Waals surface area contributed by atoms with Crippen LogP contribution in [0.2, 0.25) is 0 Å². The van der Waals surface area contributed by atoms with Gasteiger partial charge >= 0.3 is 0 Å². The Kier molecular flexibility index (Phi) is 4.22. The number of nitrogens with one attached hydrogen (secondary N) is 1. The third-order valence-corrected chi connectivity index (χ3v) is 4.20. The van der Waals surface area contributed by atoms with Crippen LogP contribution in [0, 0.1) is 11.8 Å². The van der Waals surface area contributed by atoms with Crippen LogP contribution < -0.4 is 5.32 Å². The van der Waals surface area contributed by atoms with E-state index in [-0.39, 0.29) is 24.5 Å². The van der Waals surface area contributed by atoms with Crippen LogP contribution in [0.4, 0.5) is 0 Å². The molecule has 0 spiro atoms. The fraction of sp³-hybridized carbons (Fsp3) is 0.923. The molecular formula is C13H23NO2. The van der Waals surface area contributed by atoms with Crippen molar-refractivity contribution in [3.63, 3.8) is 0 Å². The summed E-state index contributed by atoms with van der Waals surface area (Å²) in [6.45, 7) is 0.218. The minimum absolute atomic E-state index is 0.218. The maximum absolute atomic E-state index is 12.0. The minimum atomic E-state index is 0.218. The molecule has 0 aliphatic heterocycles. The van der Waals surface area contributed by atoms with Crippen LogP contribution >= 0.6 is 0 Å². The minimum Gasteiger partial charge on any atom is -0.396 e. The number of hydrogen-bond donors (Lipinski definition) is 2. The summed E-state index contributed by atoms with van der Waals surface area (Å²) in [6.07, 6.45) is 9.05. The Balaban J connectivity index is 1.81. The summed E-state index contributed by atoms with van der Waals surface area (Å²) in [4.78, 5) is 12.0. The molecule has 0 saturated heterocycles. The fourth-order valence-electron chi connectivity index (χ4n) is 3.11. The lowest BCUT2D eigenvalue weighted by atomic mass is 9.88. The quantitative estimate of drug-likeness (QED) is 0.770. The normalized spacial score (nSPS) is 31.6. The van der Waals surface area contributed by atoms with Crippen molar-refractivity contribution < 1.29 is 9.90 Å². The molecule has 3 heteroatoms. The van der Waals surface area contributed by atoms with E-state index in [4.69, 9.17) is 0 Å². The Labute approximate surface area is 97.6 Å². The van der Waals surface area contributed by atoms with Gasteiger partial charge in [0.1, 0.15) is 0 Å². The van der Waals surface area contributed by atoms with Crippen LogP contribution in [0.15, 0.2) is 0 Å². The van der Waals surface area contributed by atoms with E-state index in [1.807, 2.05) is 0 Å². The molecule has 0 heterocycles. The van der Waals surface area contributed by atoms with Crippen molar-refractivity contribution in [2.24, 2.45) is 11.8 Å². The van der Waals surface area contributed by atoms with E-state index in [0.29, 0.717) is 5.92 Å². The highest BCUT2D eigenvalue weighted by atomic mass is 16.3. The first-order chi connectivity index (χ1) is 7.81. The SMILES string of the molecule is O=C(NC1CCCC1CO)C1CCCCC1. The van der Waals surface area contributed by atoms with E-state index >= 15 is 0 Å². The standard InChI is InChI=1S/C13H23NO2/c15-9-11-7-4-8-12(11)14-13(16)10-5-2-1-3-6-10/h10-12,15H,1-9H2,(H,14,16). The van der Waals surface area contributed by atoms with Crippen molar-refractivity contribution >= 4 is 5.91 Å². The number of aliphatic hydroxyl groups is 1. The van der Waals surface area contributed by atoms with Crippen LogP contribution in [-0.2, 0) is 4.79 Å². The summed E-state index contributed by atoms with van der Waals surface area (Å²) in [6, 6.07) is 0.236. The Morgan fingerprint density at radius 2 is 1.81 bits per heavy atom. The highest BCUT2D eigenvalue weighted by molar-refractivity contribution is 5.79. The molecule has 0 aromatic rings. The number of amides is 1. The van der Waals surface area contributed by atoms with Gasteiger partial charge in [-0.05, 0) is 25.7 Å². The first kappa shape index (κ1) is 11.9. The van der Waals surface area contributed by atoms with Gasteiger partial charge in [-0.25, -0.2) is 0 Å². The molecule has 2 fully saturated rings. The molecule has 2 unspecified atom stereocenters. The number of carbonyl (C=O) groups is 1. The van der Waals surface area contributed by atoms with Gasteiger partial charge in [0.05, 0.1) is 0 Å². The molecule has 0 radical (unpaired) electrons. The molecule has 2 atom stereocenters. The fourth-order valence-corrected chi connectivity index (χ4v) is 3.11. The van der Waals surface area contributed by atoms with E-state index in [1.54, 1.807) is 0 Å². The molecule has 0 aromatic heterocycles. The topological polar surface area (TPSA) is 49.3 Å². The largest absolute Gasteiger partial charge is 0.396 e. The van der Waals surface area contributed by atoms with Crippen molar-refractivity contribution in [1.82, 2.24) is 5.32 Å². The van der Waals surface area contributed by atoms with E-state index in [9.17, 15) is 9.90 Å². The number of aliphatic hydroxyl groups excluding tert-OH is 1. The average Bonchev–Trinajstić information content (AvgIpc) is 2.77. The van der Waals surface area contributed by atoms with Gasteiger partial charge in [-0.1, -0.05) is 25.7 Å². The molecular weight excluding hydrogens is 202 g/mol. The van der Waals surface area contributed by atoms with Gasteiger partial charge < -0.3 is 10.4 Å². The molecule has 16 heavy (non-hydrogen) atoms. The first-order valence-corrected chi connectivity index (χ1v) is 6.72. The maximum Gasteiger partial charge on any atom is 0.223 e. The second-order valence-corrected chi connectivity index (χ2v) is 5.32. The summed E-state index contributed by atoms with van der Waals surface area (Å²) < 4.78 is 0. The van der Waals surface area contributed by atoms with E-state index in [2.05, 4.69) is 5.32 Å². The van der Waals surface area contributed by atoms with Gasteiger partial charge in [0.2, 0.25) is 5.91 Å². The maximum atomic E-state index is 12.0. The third-order valence-electron chi connectivity index (χ3n) is 4.20. The Bertz CT molecular complexity index is 236. The zero-order valence-corrected chi connectivity index (χ0v) is 9.95. The van der Waals surface area contributed by atoms with Crippen LogP contribution in [0.1, 0.15) is 51.4 Å². The zero-order chi connectivity index (χ0) is 11.4. The van der Waals surface area contributed by atoms with Crippen molar-refractivity contribution in [3.8, 4) is 0 Å². The van der Waals surface area contributed by atoms with Gasteiger partial charge in [-0.3, -0.25) is 4.79 Å². The molecule has 2 rings (SSSR count). The summed E-state index contributed by atoms with van der Waals surface area (Å²) in [5.41, 5.74) is 0. The molecule has 3 nitrogen and oxygen atoms in total. The predicted molar refractivity (Wildman–Crippen MR) is 62.9 cm³/mol. The van der Waals surface area contributed by atoms with Gasteiger partial charge in [0, 0.05) is 24.5 Å². The molecule has 1 amide bonds. The second-order valence-electron chi connectivity index (χ2n) is 5.32. The number of rotatable bonds is 3. The lowest BCUT2D eigenvalue weighted by molar-refractivity contribution is -0.127. The first-order valence-electron chi connectivity index (χ1n) is 6.72. The Morgan fingerprint density at radius 3 is 2.50 bits per heavy atom. The number of carbonyl (C=O) groups excluding carboxylic acids is 1. The van der Waals surface area contributed by atoms with Crippen molar-refractivity contribution in [3.05, 3.63) is 0 Å². The van der Waals surface area contributed by atoms with Crippen molar-refractivity contribution in [2.45, 2.75) is 57.4 Å². The third kappa shape index (κ3) is 2.76. The average molecular weight is 225 g/mol. The molecule has 2 aliphatic rings. The molecule has 92 valence electrons. The molecule has 0 aromatic carbocycles. The Hall–Kier alpha value is -0.570. The lowest BCUT2D eigenvalue weighted by Crippen LogP contribution is -2.42. The van der Waals surface area contributed by atoms with Crippen LogP contribution in [0.25, 0.3) is 0 Å². The number of hydrogen-bond acceptors (Lipinski definition) is 2. The highest BCUT2D eigenvalue weighted by Gasteiger charge is 2.30.